The van der Waals surface area contributed by atoms with E-state index in [0.29, 0.717) is 31.7 Å². The van der Waals surface area contributed by atoms with Crippen LogP contribution in [0.2, 0.25) is 0 Å². The molecular weight excluding hydrogens is 268 g/mol. The maximum absolute atomic E-state index is 12.6. The summed E-state index contributed by atoms with van der Waals surface area (Å²) in [6, 6.07) is 3.86. The summed E-state index contributed by atoms with van der Waals surface area (Å²) in [5.41, 5.74) is 1.30. The van der Waals surface area contributed by atoms with Crippen LogP contribution in [0.1, 0.15) is 30.1 Å². The van der Waals surface area contributed by atoms with Crippen LogP contribution in [-0.2, 0) is 4.74 Å². The zero-order chi connectivity index (χ0) is 15.5. The summed E-state index contributed by atoms with van der Waals surface area (Å²) in [5.74, 6) is -0.131. The number of carbonyl (C=O) groups is 1. The molecule has 0 atom stereocenters. The van der Waals surface area contributed by atoms with Crippen molar-refractivity contribution in [3.05, 3.63) is 24.0 Å². The van der Waals surface area contributed by atoms with Crippen molar-refractivity contribution < 1.29 is 9.53 Å². The molecule has 0 saturated carbocycles. The number of rotatable bonds is 9. The Morgan fingerprint density at radius 3 is 3.00 bits per heavy atom. The molecule has 0 spiro atoms. The van der Waals surface area contributed by atoms with Gasteiger partial charge >= 0.3 is 0 Å². The van der Waals surface area contributed by atoms with Crippen molar-refractivity contribution in [2.45, 2.75) is 19.8 Å². The fourth-order valence-electron chi connectivity index (χ4n) is 1.85. The lowest BCUT2D eigenvalue weighted by atomic mass is 10.2. The monoisotopic (exact) mass is 290 g/mol. The Balaban J connectivity index is 2.88. The van der Waals surface area contributed by atoms with Crippen molar-refractivity contribution in [3.8, 4) is 6.07 Å². The number of hydrogen-bond acceptors (Lipinski definition) is 5. The SMILES string of the molecule is CCCNc1ccncc1C(=O)N(CCC#N)CCOC. The van der Waals surface area contributed by atoms with Crippen LogP contribution in [0.5, 0.6) is 0 Å². The molecule has 6 nitrogen and oxygen atoms in total. The van der Waals surface area contributed by atoms with Crippen molar-refractivity contribution in [2.75, 3.05) is 38.7 Å². The predicted molar refractivity (Wildman–Crippen MR) is 81.0 cm³/mol. The minimum Gasteiger partial charge on any atom is -0.384 e. The van der Waals surface area contributed by atoms with Crippen LogP contribution in [0.15, 0.2) is 18.5 Å². The van der Waals surface area contributed by atoms with Gasteiger partial charge in [-0.2, -0.15) is 5.26 Å². The summed E-state index contributed by atoms with van der Waals surface area (Å²) in [4.78, 5) is 18.3. The van der Waals surface area contributed by atoms with Gasteiger partial charge in [-0.15, -0.1) is 0 Å². The number of pyridine rings is 1. The Morgan fingerprint density at radius 1 is 1.52 bits per heavy atom. The number of amides is 1. The largest absolute Gasteiger partial charge is 0.384 e. The molecule has 1 heterocycles. The van der Waals surface area contributed by atoms with Crippen molar-refractivity contribution in [2.24, 2.45) is 0 Å². The van der Waals surface area contributed by atoms with E-state index < -0.39 is 0 Å². The summed E-state index contributed by atoms with van der Waals surface area (Å²) >= 11 is 0. The first-order valence-electron chi connectivity index (χ1n) is 7.07. The standard InChI is InChI=1S/C15H22N4O2/c1-3-7-18-14-5-8-17-12-13(14)15(20)19(9-4-6-16)10-11-21-2/h5,8,12H,3-4,7,9-11H2,1-2H3,(H,17,18). The second kappa shape index (κ2) is 9.72. The van der Waals surface area contributed by atoms with Crippen LogP contribution in [0.25, 0.3) is 0 Å². The maximum atomic E-state index is 12.6. The Kier molecular flexibility index (Phi) is 7.84. The summed E-state index contributed by atoms with van der Waals surface area (Å²) < 4.78 is 5.03. The molecule has 114 valence electrons. The summed E-state index contributed by atoms with van der Waals surface area (Å²) in [7, 11) is 1.59. The van der Waals surface area contributed by atoms with Crippen LogP contribution in [0.3, 0.4) is 0 Å². The topological polar surface area (TPSA) is 78.3 Å². The molecule has 0 saturated heterocycles. The van der Waals surface area contributed by atoms with Gasteiger partial charge in [0.05, 0.1) is 30.3 Å². The lowest BCUT2D eigenvalue weighted by Gasteiger charge is -2.22. The minimum atomic E-state index is -0.131. The van der Waals surface area contributed by atoms with Crippen LogP contribution in [0.4, 0.5) is 5.69 Å². The zero-order valence-electron chi connectivity index (χ0n) is 12.6. The molecule has 1 amide bonds. The first-order chi connectivity index (χ1) is 10.2. The number of carbonyl (C=O) groups excluding carboxylic acids is 1. The third kappa shape index (κ3) is 5.40. The molecule has 1 aromatic rings. The lowest BCUT2D eigenvalue weighted by molar-refractivity contribution is 0.0700. The highest BCUT2D eigenvalue weighted by molar-refractivity contribution is 5.99. The smallest absolute Gasteiger partial charge is 0.257 e. The van der Waals surface area contributed by atoms with E-state index in [2.05, 4.69) is 23.3 Å². The fraction of sp³-hybridized carbons (Fsp3) is 0.533. The van der Waals surface area contributed by atoms with Crippen molar-refractivity contribution >= 4 is 11.6 Å². The van der Waals surface area contributed by atoms with E-state index in [1.807, 2.05) is 0 Å². The Labute approximate surface area is 125 Å². The quantitative estimate of drug-likeness (QED) is 0.751. The highest BCUT2D eigenvalue weighted by Crippen LogP contribution is 2.16. The van der Waals surface area contributed by atoms with Gasteiger partial charge in [0.1, 0.15) is 0 Å². The Hall–Kier alpha value is -2.13. The van der Waals surface area contributed by atoms with Gasteiger partial charge < -0.3 is 15.0 Å². The van der Waals surface area contributed by atoms with E-state index in [9.17, 15) is 4.79 Å². The first-order valence-corrected chi connectivity index (χ1v) is 7.07. The van der Waals surface area contributed by atoms with Gasteiger partial charge in [0.25, 0.3) is 5.91 Å². The molecule has 0 aliphatic rings. The van der Waals surface area contributed by atoms with Crippen LogP contribution < -0.4 is 5.32 Å². The summed E-state index contributed by atoms with van der Waals surface area (Å²) in [6.45, 7) is 4.14. The average molecular weight is 290 g/mol. The van der Waals surface area contributed by atoms with Gasteiger partial charge in [-0.3, -0.25) is 9.78 Å². The van der Waals surface area contributed by atoms with Crippen LogP contribution in [-0.4, -0.2) is 49.1 Å². The highest BCUT2D eigenvalue weighted by Gasteiger charge is 2.18. The van der Waals surface area contributed by atoms with Gasteiger partial charge in [-0.05, 0) is 12.5 Å². The molecule has 0 bridgehead atoms. The number of aromatic nitrogens is 1. The first kappa shape index (κ1) is 16.9. The van der Waals surface area contributed by atoms with Crippen molar-refractivity contribution in [3.63, 3.8) is 0 Å². The number of ether oxygens (including phenoxy) is 1. The van der Waals surface area contributed by atoms with Crippen molar-refractivity contribution in [1.82, 2.24) is 9.88 Å². The minimum absolute atomic E-state index is 0.131. The van der Waals surface area contributed by atoms with E-state index in [1.165, 1.54) is 0 Å². The van der Waals surface area contributed by atoms with E-state index in [-0.39, 0.29) is 5.91 Å². The van der Waals surface area contributed by atoms with E-state index in [1.54, 1.807) is 30.5 Å². The molecule has 6 heteroatoms. The molecular formula is C15H22N4O2. The predicted octanol–water partition coefficient (Wildman–Crippen LogP) is 1.91. The fourth-order valence-corrected chi connectivity index (χ4v) is 1.85. The third-order valence-electron chi connectivity index (χ3n) is 2.96. The van der Waals surface area contributed by atoms with Crippen molar-refractivity contribution in [1.29, 1.82) is 5.26 Å². The highest BCUT2D eigenvalue weighted by atomic mass is 16.5. The molecule has 1 rings (SSSR count). The molecule has 0 fully saturated rings. The van der Waals surface area contributed by atoms with Gasteiger partial charge in [0.15, 0.2) is 0 Å². The second-order valence-electron chi connectivity index (χ2n) is 4.54. The van der Waals surface area contributed by atoms with Crippen LogP contribution >= 0.6 is 0 Å². The van der Waals surface area contributed by atoms with Gasteiger partial charge in [-0.25, -0.2) is 0 Å². The molecule has 0 aliphatic heterocycles. The third-order valence-corrected chi connectivity index (χ3v) is 2.96. The number of nitrogens with one attached hydrogen (secondary N) is 1. The average Bonchev–Trinajstić information content (AvgIpc) is 2.52. The number of nitriles is 1. The maximum Gasteiger partial charge on any atom is 0.257 e. The van der Waals surface area contributed by atoms with Gasteiger partial charge in [0.2, 0.25) is 0 Å². The van der Waals surface area contributed by atoms with E-state index >= 15 is 0 Å². The molecule has 0 aromatic carbocycles. The molecule has 0 unspecified atom stereocenters. The van der Waals surface area contributed by atoms with Gasteiger partial charge in [-0.1, -0.05) is 6.92 Å². The number of nitrogens with zero attached hydrogens (tertiary/aromatic N) is 3. The Bertz CT molecular complexity index is 485. The van der Waals surface area contributed by atoms with Gasteiger partial charge in [0, 0.05) is 39.1 Å². The number of methoxy groups -OCH3 is 1. The Morgan fingerprint density at radius 2 is 2.33 bits per heavy atom. The second-order valence-corrected chi connectivity index (χ2v) is 4.54. The molecule has 0 radical (unpaired) electrons. The zero-order valence-corrected chi connectivity index (χ0v) is 12.6. The molecule has 21 heavy (non-hydrogen) atoms. The number of anilines is 1. The van der Waals surface area contributed by atoms with Crippen LogP contribution in [0, 0.1) is 11.3 Å². The summed E-state index contributed by atoms with van der Waals surface area (Å²) in [5, 5.41) is 11.9. The van der Waals surface area contributed by atoms with E-state index in [0.717, 1.165) is 18.7 Å². The van der Waals surface area contributed by atoms with E-state index in [4.69, 9.17) is 10.00 Å². The summed E-state index contributed by atoms with van der Waals surface area (Å²) in [6.07, 6.45) is 4.49. The normalized spacial score (nSPS) is 9.95. The lowest BCUT2D eigenvalue weighted by Crippen LogP contribution is -2.35. The molecule has 1 N–H and O–H groups in total. The molecule has 1 aromatic heterocycles. The molecule has 0 aliphatic carbocycles. The number of hydrogen-bond donors (Lipinski definition) is 1.